The molecule has 2 aromatic carbocycles. The first-order valence-electron chi connectivity index (χ1n) is 12.3. The Morgan fingerprint density at radius 2 is 2.05 bits per heavy atom. The number of nitrogens with zero attached hydrogens (tertiary/aromatic N) is 3. The molecule has 1 fully saturated rings. The molecule has 0 saturated carbocycles. The van der Waals surface area contributed by atoms with Crippen LogP contribution in [-0.4, -0.2) is 58.8 Å². The predicted octanol–water partition coefficient (Wildman–Crippen LogP) is 5.26. The highest BCUT2D eigenvalue weighted by atomic mass is 35.5. The molecule has 2 aliphatic rings. The van der Waals surface area contributed by atoms with Crippen LogP contribution in [0.3, 0.4) is 0 Å². The van der Waals surface area contributed by atoms with E-state index in [-0.39, 0.29) is 33.8 Å². The van der Waals surface area contributed by atoms with Gasteiger partial charge in [-0.2, -0.15) is 0 Å². The minimum atomic E-state index is -0.634. The molecule has 0 unspecified atom stereocenters. The van der Waals surface area contributed by atoms with Gasteiger partial charge in [-0.25, -0.2) is 19.0 Å². The van der Waals surface area contributed by atoms with Gasteiger partial charge in [-0.1, -0.05) is 17.7 Å². The summed E-state index contributed by atoms with van der Waals surface area (Å²) in [7, 11) is 0. The van der Waals surface area contributed by atoms with Gasteiger partial charge in [-0.15, -0.1) is 0 Å². The Morgan fingerprint density at radius 1 is 1.26 bits per heavy atom. The van der Waals surface area contributed by atoms with Crippen molar-refractivity contribution in [1.82, 2.24) is 14.9 Å². The summed E-state index contributed by atoms with van der Waals surface area (Å²) >= 11 is 6.74. The van der Waals surface area contributed by atoms with E-state index in [1.165, 1.54) is 6.20 Å². The number of hydrogen-bond donors (Lipinski definition) is 1. The van der Waals surface area contributed by atoms with Gasteiger partial charge in [-0.3, -0.25) is 4.98 Å². The van der Waals surface area contributed by atoms with E-state index in [2.05, 4.69) is 14.9 Å². The van der Waals surface area contributed by atoms with E-state index in [0.29, 0.717) is 59.7 Å². The van der Waals surface area contributed by atoms with Crippen LogP contribution in [0.4, 0.5) is 14.9 Å². The molecular weight excluding hydrogens is 515 g/mol. The van der Waals surface area contributed by atoms with Crippen molar-refractivity contribution in [2.24, 2.45) is 0 Å². The number of halogens is 2. The number of piperazine rings is 1. The quantitative estimate of drug-likeness (QED) is 0.351. The molecule has 1 atom stereocenters. The van der Waals surface area contributed by atoms with Gasteiger partial charge >= 0.3 is 11.8 Å². The number of benzene rings is 2. The Balaban J connectivity index is 1.44. The summed E-state index contributed by atoms with van der Waals surface area (Å²) in [5, 5.41) is 0.656. The normalized spacial score (nSPS) is 17.4. The largest absolute Gasteiger partial charge is 0.488 e. The van der Waals surface area contributed by atoms with E-state index in [1.807, 2.05) is 20.8 Å². The van der Waals surface area contributed by atoms with Gasteiger partial charge in [0.25, 0.3) is 0 Å². The number of H-pyrrole nitrogens is 1. The topological polar surface area (TPSA) is 101 Å². The number of nitrogens with one attached hydrogen (secondary N) is 1. The Hall–Kier alpha value is -3.79. The Labute approximate surface area is 222 Å². The number of aryl methyl sites for hydroxylation is 1. The predicted molar refractivity (Wildman–Crippen MR) is 142 cm³/mol. The van der Waals surface area contributed by atoms with Gasteiger partial charge in [0.2, 0.25) is 0 Å². The van der Waals surface area contributed by atoms with Crippen molar-refractivity contribution < 1.29 is 23.1 Å². The fraction of sp³-hybridized carbons (Fsp3) is 0.370. The summed E-state index contributed by atoms with van der Waals surface area (Å²) in [5.74, 6) is -0.730. The van der Waals surface area contributed by atoms with Gasteiger partial charge in [0.1, 0.15) is 17.7 Å². The smallest absolute Gasteiger partial charge is 0.417 e. The maximum Gasteiger partial charge on any atom is 0.417 e. The number of aromatic amines is 1. The summed E-state index contributed by atoms with van der Waals surface area (Å²) in [5.41, 5.74) is 2.09. The number of hydrogen-bond acceptors (Lipinski definition) is 7. The zero-order valence-electron chi connectivity index (χ0n) is 21.4. The molecule has 2 aliphatic heterocycles. The second-order valence-electron chi connectivity index (χ2n) is 10.6. The van der Waals surface area contributed by atoms with Gasteiger partial charge in [0, 0.05) is 36.1 Å². The summed E-state index contributed by atoms with van der Waals surface area (Å²) in [6.45, 7) is 8.99. The molecule has 1 N–H and O–H groups in total. The molecule has 2 aromatic heterocycles. The van der Waals surface area contributed by atoms with E-state index in [0.717, 1.165) is 0 Å². The summed E-state index contributed by atoms with van der Waals surface area (Å²) in [6, 6.07) is 5.00. The van der Waals surface area contributed by atoms with Crippen LogP contribution in [0.2, 0.25) is 5.02 Å². The number of oxazole rings is 1. The van der Waals surface area contributed by atoms with Crippen molar-refractivity contribution in [3.63, 3.8) is 0 Å². The highest BCUT2D eigenvalue weighted by Crippen LogP contribution is 2.46. The Bertz CT molecular complexity index is 1670. The molecule has 11 heteroatoms. The lowest BCUT2D eigenvalue weighted by Crippen LogP contribution is -2.59. The molecule has 0 radical (unpaired) electrons. The second kappa shape index (κ2) is 8.62. The zero-order chi connectivity index (χ0) is 26.9. The monoisotopic (exact) mass is 540 g/mol. The molecule has 38 heavy (non-hydrogen) atoms. The molecule has 0 bridgehead atoms. The van der Waals surface area contributed by atoms with Crippen molar-refractivity contribution in [3.05, 3.63) is 51.3 Å². The van der Waals surface area contributed by atoms with Crippen molar-refractivity contribution in [3.8, 4) is 16.9 Å². The van der Waals surface area contributed by atoms with Crippen LogP contribution >= 0.6 is 11.6 Å². The Morgan fingerprint density at radius 3 is 2.82 bits per heavy atom. The maximum absolute atomic E-state index is 16.2. The van der Waals surface area contributed by atoms with Crippen LogP contribution < -0.4 is 15.4 Å². The number of ether oxygens (including phenoxy) is 2. The minimum absolute atomic E-state index is 0.112. The number of anilines is 1. The molecular formula is C27H26ClFN4O5. The standard InChI is InChI=1S/C27H26ClFN4O5/c1-13-5-6-17-24(37-25(34)31-17)19(13)20-16(28)9-15-22(21(20)29)30-10-18-23(15)33-8-7-32(11-14(33)12-36-18)26(35)38-27(2,3)4/h5-6,9-10,14H,7-8,11-12H2,1-4H3,(H,31,34)/t14-/m1/s1. The summed E-state index contributed by atoms with van der Waals surface area (Å²) in [4.78, 5) is 35.3. The molecule has 4 aromatic rings. The first-order chi connectivity index (χ1) is 18.0. The molecule has 6 rings (SSSR count). The van der Waals surface area contributed by atoms with Crippen molar-refractivity contribution >= 4 is 45.4 Å². The van der Waals surface area contributed by atoms with Crippen LogP contribution in [0.5, 0.6) is 5.75 Å². The molecule has 4 heterocycles. The molecule has 198 valence electrons. The maximum atomic E-state index is 16.2. The number of carbonyl (C=O) groups excluding carboxylic acids is 1. The molecule has 0 spiro atoms. The average molecular weight is 541 g/mol. The second-order valence-corrected chi connectivity index (χ2v) is 11.1. The number of aromatic nitrogens is 2. The van der Waals surface area contributed by atoms with E-state index >= 15 is 4.39 Å². The van der Waals surface area contributed by atoms with Gasteiger partial charge < -0.3 is 23.7 Å². The number of pyridine rings is 1. The first kappa shape index (κ1) is 24.5. The number of carbonyl (C=O) groups is 1. The minimum Gasteiger partial charge on any atom is -0.488 e. The fourth-order valence-corrected chi connectivity index (χ4v) is 5.55. The van der Waals surface area contributed by atoms with Crippen LogP contribution in [0.15, 0.2) is 33.6 Å². The Kier molecular flexibility index (Phi) is 5.57. The number of fused-ring (bicyclic) bond motifs is 6. The first-order valence-corrected chi connectivity index (χ1v) is 12.7. The van der Waals surface area contributed by atoms with Crippen LogP contribution in [0.25, 0.3) is 33.1 Å². The SMILES string of the molecule is Cc1ccc2[nH]c(=O)oc2c1-c1c(Cl)cc2c3c(cnc2c1F)OC[C@H]1CN(C(=O)OC(C)(C)C)CCN31. The van der Waals surface area contributed by atoms with E-state index < -0.39 is 17.2 Å². The van der Waals surface area contributed by atoms with Crippen molar-refractivity contribution in [1.29, 1.82) is 0 Å². The van der Waals surface area contributed by atoms with Crippen LogP contribution in [0, 0.1) is 12.7 Å². The molecule has 0 aliphatic carbocycles. The molecule has 1 saturated heterocycles. The number of rotatable bonds is 1. The van der Waals surface area contributed by atoms with E-state index in [1.54, 1.807) is 30.0 Å². The summed E-state index contributed by atoms with van der Waals surface area (Å²) < 4.78 is 33.1. The highest BCUT2D eigenvalue weighted by Gasteiger charge is 2.38. The third kappa shape index (κ3) is 3.94. The van der Waals surface area contributed by atoms with Crippen molar-refractivity contribution in [2.75, 3.05) is 31.1 Å². The van der Waals surface area contributed by atoms with Crippen LogP contribution in [-0.2, 0) is 4.74 Å². The van der Waals surface area contributed by atoms with Gasteiger partial charge in [-0.05, 0) is 45.4 Å². The van der Waals surface area contributed by atoms with Crippen molar-refractivity contribution in [2.45, 2.75) is 39.3 Å². The lowest BCUT2D eigenvalue weighted by atomic mass is 9.96. The third-order valence-electron chi connectivity index (χ3n) is 6.89. The van der Waals surface area contributed by atoms with E-state index in [4.69, 9.17) is 25.5 Å². The zero-order valence-corrected chi connectivity index (χ0v) is 22.1. The molecule has 9 nitrogen and oxygen atoms in total. The lowest BCUT2D eigenvalue weighted by Gasteiger charge is -2.45. The van der Waals surface area contributed by atoms with Crippen LogP contribution in [0.1, 0.15) is 26.3 Å². The fourth-order valence-electron chi connectivity index (χ4n) is 5.26. The van der Waals surface area contributed by atoms with Gasteiger partial charge in [0.15, 0.2) is 17.1 Å². The average Bonchev–Trinajstić information content (AvgIpc) is 3.23. The lowest BCUT2D eigenvalue weighted by molar-refractivity contribution is 0.0195. The molecule has 1 amide bonds. The number of amides is 1. The van der Waals surface area contributed by atoms with Gasteiger partial charge in [0.05, 0.1) is 28.5 Å². The van der Waals surface area contributed by atoms with E-state index in [9.17, 15) is 9.59 Å². The highest BCUT2D eigenvalue weighted by molar-refractivity contribution is 6.35. The summed E-state index contributed by atoms with van der Waals surface area (Å²) in [6.07, 6.45) is 1.14. The third-order valence-corrected chi connectivity index (χ3v) is 7.19.